The predicted molar refractivity (Wildman–Crippen MR) is 67.8 cm³/mol. The number of carboxylic acid groups (broad SMARTS) is 1. The first kappa shape index (κ1) is 11.9. The summed E-state index contributed by atoms with van der Waals surface area (Å²) in [5.41, 5.74) is 2.65. The molecular weight excluding hydrogens is 238 g/mol. The topological polar surface area (TPSA) is 50.2 Å². The lowest BCUT2D eigenvalue weighted by molar-refractivity contribution is 0.0699. The fourth-order valence-electron chi connectivity index (χ4n) is 1.87. The summed E-state index contributed by atoms with van der Waals surface area (Å²) in [6.07, 6.45) is 0.707. The van der Waals surface area contributed by atoms with Crippen LogP contribution < -0.4 is 0 Å². The lowest BCUT2D eigenvalue weighted by atomic mass is 10.0. The quantitative estimate of drug-likeness (QED) is 0.887. The van der Waals surface area contributed by atoms with E-state index in [4.69, 9.17) is 11.6 Å². The first-order valence-electron chi connectivity index (χ1n) is 5.36. The Morgan fingerprint density at radius 3 is 2.71 bits per heavy atom. The van der Waals surface area contributed by atoms with E-state index in [0.29, 0.717) is 22.3 Å². The number of carbonyl (C=O) groups is 1. The Kier molecular flexibility index (Phi) is 3.03. The van der Waals surface area contributed by atoms with Crippen LogP contribution >= 0.6 is 11.6 Å². The molecule has 0 bridgehead atoms. The summed E-state index contributed by atoms with van der Waals surface area (Å²) < 4.78 is 0. The Morgan fingerprint density at radius 1 is 1.41 bits per heavy atom. The van der Waals surface area contributed by atoms with Crippen molar-refractivity contribution in [2.75, 3.05) is 0 Å². The standard InChI is InChI=1S/C13H12ClNO2/c1-3-9-6-11(13(16)17)10-5-8(14)4-7(2)12(10)15-9/h4-6H,3H2,1-2H3,(H,16,17). The van der Waals surface area contributed by atoms with Gasteiger partial charge in [0.25, 0.3) is 0 Å². The van der Waals surface area contributed by atoms with Crippen LogP contribution in [0, 0.1) is 6.92 Å². The SMILES string of the molecule is CCc1cc(C(=O)O)c2cc(Cl)cc(C)c2n1. The molecule has 0 aliphatic carbocycles. The fourth-order valence-corrected chi connectivity index (χ4v) is 2.14. The Bertz CT molecular complexity index is 608. The van der Waals surface area contributed by atoms with Crippen molar-refractivity contribution in [3.8, 4) is 0 Å². The second kappa shape index (κ2) is 4.34. The molecule has 2 rings (SSSR count). The molecule has 1 aromatic carbocycles. The molecular formula is C13H12ClNO2. The Labute approximate surface area is 104 Å². The molecule has 0 spiro atoms. The van der Waals surface area contributed by atoms with E-state index in [9.17, 15) is 9.90 Å². The number of rotatable bonds is 2. The Hall–Kier alpha value is -1.61. The van der Waals surface area contributed by atoms with Crippen LogP contribution in [-0.2, 0) is 6.42 Å². The summed E-state index contributed by atoms with van der Waals surface area (Å²) in [6, 6.07) is 5.06. The van der Waals surface area contributed by atoms with Gasteiger partial charge < -0.3 is 5.11 Å². The molecule has 17 heavy (non-hydrogen) atoms. The zero-order chi connectivity index (χ0) is 12.6. The van der Waals surface area contributed by atoms with Gasteiger partial charge >= 0.3 is 5.97 Å². The molecule has 88 valence electrons. The second-order valence-electron chi connectivity index (χ2n) is 3.94. The molecule has 0 fully saturated rings. The highest BCUT2D eigenvalue weighted by molar-refractivity contribution is 6.31. The van der Waals surface area contributed by atoms with Gasteiger partial charge in [-0.3, -0.25) is 4.98 Å². The van der Waals surface area contributed by atoms with Crippen LogP contribution in [0.3, 0.4) is 0 Å². The van der Waals surface area contributed by atoms with Gasteiger partial charge in [0.15, 0.2) is 0 Å². The van der Waals surface area contributed by atoms with Crippen molar-refractivity contribution in [2.45, 2.75) is 20.3 Å². The van der Waals surface area contributed by atoms with Gasteiger partial charge in [-0.05, 0) is 37.1 Å². The maximum Gasteiger partial charge on any atom is 0.336 e. The van der Waals surface area contributed by atoms with Gasteiger partial charge in [-0.25, -0.2) is 4.79 Å². The van der Waals surface area contributed by atoms with Crippen LogP contribution in [-0.4, -0.2) is 16.1 Å². The average Bonchev–Trinajstić information content (AvgIpc) is 2.27. The number of fused-ring (bicyclic) bond motifs is 1. The number of carboxylic acids is 1. The smallest absolute Gasteiger partial charge is 0.336 e. The number of halogens is 1. The summed E-state index contributed by atoms with van der Waals surface area (Å²) >= 11 is 5.95. The molecule has 1 heterocycles. The average molecular weight is 250 g/mol. The number of nitrogens with zero attached hydrogens (tertiary/aromatic N) is 1. The third-order valence-electron chi connectivity index (χ3n) is 2.71. The van der Waals surface area contributed by atoms with Crippen molar-refractivity contribution in [3.05, 3.63) is 40.0 Å². The largest absolute Gasteiger partial charge is 0.478 e. The van der Waals surface area contributed by atoms with E-state index >= 15 is 0 Å². The molecule has 4 heteroatoms. The van der Waals surface area contributed by atoms with Gasteiger partial charge in [0, 0.05) is 16.1 Å². The van der Waals surface area contributed by atoms with Crippen molar-refractivity contribution in [1.82, 2.24) is 4.98 Å². The minimum Gasteiger partial charge on any atom is -0.478 e. The summed E-state index contributed by atoms with van der Waals surface area (Å²) in [5.74, 6) is -0.950. The monoisotopic (exact) mass is 249 g/mol. The summed E-state index contributed by atoms with van der Waals surface area (Å²) in [5, 5.41) is 10.3. The zero-order valence-corrected chi connectivity index (χ0v) is 10.4. The fraction of sp³-hybridized carbons (Fsp3) is 0.231. The van der Waals surface area contributed by atoms with E-state index in [1.807, 2.05) is 13.8 Å². The molecule has 0 atom stereocenters. The minimum absolute atomic E-state index is 0.262. The maximum atomic E-state index is 11.2. The van der Waals surface area contributed by atoms with Gasteiger partial charge in [-0.1, -0.05) is 18.5 Å². The van der Waals surface area contributed by atoms with E-state index in [1.54, 1.807) is 18.2 Å². The van der Waals surface area contributed by atoms with Crippen molar-refractivity contribution < 1.29 is 9.90 Å². The van der Waals surface area contributed by atoms with Gasteiger partial charge in [0.2, 0.25) is 0 Å². The van der Waals surface area contributed by atoms with Crippen LogP contribution in [0.4, 0.5) is 0 Å². The van der Waals surface area contributed by atoms with E-state index < -0.39 is 5.97 Å². The Balaban J connectivity index is 2.90. The molecule has 1 N–H and O–H groups in total. The third kappa shape index (κ3) is 2.11. The van der Waals surface area contributed by atoms with Gasteiger partial charge in [0.1, 0.15) is 0 Å². The van der Waals surface area contributed by atoms with Gasteiger partial charge in [-0.15, -0.1) is 0 Å². The highest BCUT2D eigenvalue weighted by Crippen LogP contribution is 2.26. The number of benzene rings is 1. The van der Waals surface area contributed by atoms with E-state index in [-0.39, 0.29) is 5.56 Å². The normalized spacial score (nSPS) is 10.8. The molecule has 2 aromatic rings. The van der Waals surface area contributed by atoms with Crippen molar-refractivity contribution in [1.29, 1.82) is 0 Å². The third-order valence-corrected chi connectivity index (χ3v) is 2.93. The summed E-state index contributed by atoms with van der Waals surface area (Å²) in [6.45, 7) is 3.83. The zero-order valence-electron chi connectivity index (χ0n) is 9.62. The highest BCUT2D eigenvalue weighted by Gasteiger charge is 2.13. The molecule has 0 amide bonds. The van der Waals surface area contributed by atoms with E-state index in [2.05, 4.69) is 4.98 Å². The lowest BCUT2D eigenvalue weighted by Gasteiger charge is -2.08. The summed E-state index contributed by atoms with van der Waals surface area (Å²) in [7, 11) is 0. The van der Waals surface area contributed by atoms with E-state index in [0.717, 1.165) is 11.3 Å². The van der Waals surface area contributed by atoms with E-state index in [1.165, 1.54) is 0 Å². The number of hydrogen-bond donors (Lipinski definition) is 1. The van der Waals surface area contributed by atoms with Crippen LogP contribution in [0.1, 0.15) is 28.5 Å². The molecule has 0 aliphatic heterocycles. The van der Waals surface area contributed by atoms with Crippen LogP contribution in [0.2, 0.25) is 5.02 Å². The van der Waals surface area contributed by atoms with Gasteiger partial charge in [-0.2, -0.15) is 0 Å². The van der Waals surface area contributed by atoms with Crippen LogP contribution in [0.15, 0.2) is 18.2 Å². The Morgan fingerprint density at radius 2 is 2.12 bits per heavy atom. The predicted octanol–water partition coefficient (Wildman–Crippen LogP) is 3.46. The minimum atomic E-state index is -0.950. The van der Waals surface area contributed by atoms with Crippen LogP contribution in [0.25, 0.3) is 10.9 Å². The molecule has 0 saturated carbocycles. The number of aromatic carboxylic acids is 1. The molecule has 1 aromatic heterocycles. The maximum absolute atomic E-state index is 11.2. The summed E-state index contributed by atoms with van der Waals surface area (Å²) in [4.78, 5) is 15.7. The lowest BCUT2D eigenvalue weighted by Crippen LogP contribution is -2.02. The van der Waals surface area contributed by atoms with Crippen LogP contribution in [0.5, 0.6) is 0 Å². The first-order chi connectivity index (χ1) is 8.02. The molecule has 3 nitrogen and oxygen atoms in total. The van der Waals surface area contributed by atoms with Crippen molar-refractivity contribution in [2.24, 2.45) is 0 Å². The number of hydrogen-bond acceptors (Lipinski definition) is 2. The molecule has 0 unspecified atom stereocenters. The molecule has 0 aliphatic rings. The highest BCUT2D eigenvalue weighted by atomic mass is 35.5. The molecule has 0 radical (unpaired) electrons. The van der Waals surface area contributed by atoms with Crippen molar-refractivity contribution >= 4 is 28.5 Å². The number of aryl methyl sites for hydroxylation is 2. The first-order valence-corrected chi connectivity index (χ1v) is 5.73. The van der Waals surface area contributed by atoms with Crippen molar-refractivity contribution in [3.63, 3.8) is 0 Å². The number of aromatic nitrogens is 1. The van der Waals surface area contributed by atoms with Gasteiger partial charge in [0.05, 0.1) is 11.1 Å². The molecule has 0 saturated heterocycles. The number of pyridine rings is 1. The second-order valence-corrected chi connectivity index (χ2v) is 4.38.